The fourth-order valence-electron chi connectivity index (χ4n) is 1.44. The Morgan fingerprint density at radius 2 is 2.33 bits per heavy atom. The van der Waals surface area contributed by atoms with Gasteiger partial charge in [0.2, 0.25) is 0 Å². The van der Waals surface area contributed by atoms with Gasteiger partial charge in [0, 0.05) is 11.1 Å². The van der Waals surface area contributed by atoms with E-state index in [2.05, 4.69) is 10.3 Å². The number of hydrogen-bond acceptors (Lipinski definition) is 4. The summed E-state index contributed by atoms with van der Waals surface area (Å²) in [6, 6.07) is 4.07. The normalized spacial score (nSPS) is 10.3. The zero-order valence-electron chi connectivity index (χ0n) is 8.98. The topological polar surface area (TPSA) is 62.2 Å². The molecule has 0 spiro atoms. The summed E-state index contributed by atoms with van der Waals surface area (Å²) in [4.78, 5) is 15.6. The number of carboxylic acid groups (broad SMARTS) is 1. The highest BCUT2D eigenvalue weighted by Gasteiger charge is 2.15. The third-order valence-corrected chi connectivity index (χ3v) is 3.32. The van der Waals surface area contributed by atoms with Crippen LogP contribution in [0.25, 0.3) is 0 Å². The van der Waals surface area contributed by atoms with Gasteiger partial charge >= 0.3 is 5.97 Å². The number of nitrogens with one attached hydrogen (secondary N) is 1. The van der Waals surface area contributed by atoms with Gasteiger partial charge in [0.25, 0.3) is 0 Å². The third kappa shape index (κ3) is 2.77. The molecule has 0 unspecified atom stereocenters. The summed E-state index contributed by atoms with van der Waals surface area (Å²) in [5.74, 6) is -2.08. The number of aromatic nitrogens is 1. The van der Waals surface area contributed by atoms with Crippen LogP contribution in [0.5, 0.6) is 0 Å². The van der Waals surface area contributed by atoms with E-state index in [1.54, 1.807) is 6.20 Å². The summed E-state index contributed by atoms with van der Waals surface area (Å²) in [7, 11) is 0. The van der Waals surface area contributed by atoms with Crippen molar-refractivity contribution in [3.63, 3.8) is 0 Å². The molecule has 0 saturated carbocycles. The molecule has 0 aliphatic heterocycles. The Morgan fingerprint density at radius 3 is 2.94 bits per heavy atom. The lowest BCUT2D eigenvalue weighted by Crippen LogP contribution is -2.08. The van der Waals surface area contributed by atoms with Gasteiger partial charge < -0.3 is 10.4 Å². The highest BCUT2D eigenvalue weighted by atomic mass is 35.5. The van der Waals surface area contributed by atoms with Gasteiger partial charge in [-0.05, 0) is 12.1 Å². The van der Waals surface area contributed by atoms with Crippen LogP contribution in [-0.4, -0.2) is 16.1 Å². The molecule has 0 saturated heterocycles. The molecule has 0 atom stereocenters. The molecule has 1 aromatic carbocycles. The summed E-state index contributed by atoms with van der Waals surface area (Å²) >= 11 is 6.95. The number of carboxylic acids is 1. The second-order valence-electron chi connectivity index (χ2n) is 3.40. The minimum Gasteiger partial charge on any atom is -0.478 e. The van der Waals surface area contributed by atoms with Crippen LogP contribution in [0, 0.1) is 5.82 Å². The van der Waals surface area contributed by atoms with Gasteiger partial charge in [-0.15, -0.1) is 11.3 Å². The van der Waals surface area contributed by atoms with Crippen LogP contribution >= 0.6 is 22.9 Å². The number of aromatic carboxylic acids is 1. The van der Waals surface area contributed by atoms with Gasteiger partial charge in [-0.25, -0.2) is 14.2 Å². The fraction of sp³-hybridized carbons (Fsp3) is 0.0909. The van der Waals surface area contributed by atoms with Gasteiger partial charge in [0.1, 0.15) is 11.4 Å². The average Bonchev–Trinajstić information content (AvgIpc) is 2.72. The molecule has 2 aromatic rings. The number of hydrogen-bond donors (Lipinski definition) is 2. The molecule has 0 bridgehead atoms. The number of carbonyl (C=O) groups is 1. The van der Waals surface area contributed by atoms with Gasteiger partial charge in [0.15, 0.2) is 4.47 Å². The number of anilines is 1. The first-order chi connectivity index (χ1) is 8.58. The van der Waals surface area contributed by atoms with Crippen molar-refractivity contribution in [2.45, 2.75) is 6.54 Å². The first kappa shape index (κ1) is 12.8. The van der Waals surface area contributed by atoms with E-state index < -0.39 is 11.8 Å². The molecule has 0 aliphatic rings. The molecule has 0 amide bonds. The lowest BCUT2D eigenvalue weighted by molar-refractivity contribution is 0.0693. The predicted octanol–water partition coefficient (Wildman–Crippen LogP) is 3.25. The van der Waals surface area contributed by atoms with E-state index in [9.17, 15) is 9.18 Å². The van der Waals surface area contributed by atoms with Crippen LogP contribution in [-0.2, 0) is 6.54 Å². The zero-order valence-corrected chi connectivity index (χ0v) is 10.6. The number of nitrogens with zero attached hydrogens (tertiary/aromatic N) is 1. The average molecular weight is 287 g/mol. The Labute approximate surface area is 111 Å². The van der Waals surface area contributed by atoms with E-state index in [1.807, 2.05) is 0 Å². The number of benzene rings is 1. The zero-order chi connectivity index (χ0) is 13.1. The minimum atomic E-state index is -1.31. The van der Waals surface area contributed by atoms with E-state index >= 15 is 0 Å². The Bertz CT molecular complexity index is 588. The van der Waals surface area contributed by atoms with E-state index in [-0.39, 0.29) is 11.3 Å². The van der Waals surface area contributed by atoms with Crippen molar-refractivity contribution < 1.29 is 14.3 Å². The molecule has 2 rings (SSSR count). The van der Waals surface area contributed by atoms with Gasteiger partial charge in [0.05, 0.1) is 12.2 Å². The molecular weight excluding hydrogens is 279 g/mol. The molecule has 1 heterocycles. The van der Waals surface area contributed by atoms with E-state index in [0.29, 0.717) is 11.0 Å². The Balaban J connectivity index is 2.19. The first-order valence-corrected chi connectivity index (χ1v) is 6.13. The van der Waals surface area contributed by atoms with Crippen molar-refractivity contribution in [2.75, 3.05) is 5.32 Å². The van der Waals surface area contributed by atoms with Crippen molar-refractivity contribution in [1.82, 2.24) is 4.98 Å². The number of halogens is 2. The second kappa shape index (κ2) is 5.32. The molecule has 94 valence electrons. The first-order valence-electron chi connectivity index (χ1n) is 4.94. The molecule has 0 aliphatic carbocycles. The van der Waals surface area contributed by atoms with E-state index in [0.717, 1.165) is 10.9 Å². The molecule has 0 radical (unpaired) electrons. The van der Waals surface area contributed by atoms with Crippen molar-refractivity contribution in [1.29, 1.82) is 0 Å². The van der Waals surface area contributed by atoms with Crippen molar-refractivity contribution >= 4 is 34.6 Å². The monoisotopic (exact) mass is 286 g/mol. The summed E-state index contributed by atoms with van der Waals surface area (Å²) in [6.07, 6.45) is 1.58. The van der Waals surface area contributed by atoms with Gasteiger partial charge in [-0.1, -0.05) is 17.7 Å². The van der Waals surface area contributed by atoms with Gasteiger partial charge in [-0.3, -0.25) is 0 Å². The quantitative estimate of drug-likeness (QED) is 0.906. The van der Waals surface area contributed by atoms with Crippen molar-refractivity contribution in [3.8, 4) is 0 Å². The van der Waals surface area contributed by atoms with Crippen molar-refractivity contribution in [3.05, 3.63) is 45.1 Å². The summed E-state index contributed by atoms with van der Waals surface area (Å²) in [6.45, 7) is 0.341. The van der Waals surface area contributed by atoms with Crippen LogP contribution in [0.3, 0.4) is 0 Å². The third-order valence-electron chi connectivity index (χ3n) is 2.21. The standard InChI is InChI=1S/C11H8ClFN2O2S/c12-11-15-5-6(18-11)4-14-8-3-1-2-7(13)9(8)10(16)17/h1-3,5,14H,4H2,(H,16,17). The summed E-state index contributed by atoms with van der Waals surface area (Å²) in [5, 5.41) is 11.8. The minimum absolute atomic E-state index is 0.229. The largest absolute Gasteiger partial charge is 0.478 e. The van der Waals surface area contributed by atoms with Crippen LogP contribution < -0.4 is 5.32 Å². The SMILES string of the molecule is O=C(O)c1c(F)cccc1NCc1cnc(Cl)s1. The van der Waals surface area contributed by atoms with Crippen molar-refractivity contribution in [2.24, 2.45) is 0 Å². The van der Waals surface area contributed by atoms with Crippen LogP contribution in [0.2, 0.25) is 4.47 Å². The summed E-state index contributed by atoms with van der Waals surface area (Å²) < 4.78 is 13.8. The Hall–Kier alpha value is -1.66. The lowest BCUT2D eigenvalue weighted by atomic mass is 10.1. The smallest absolute Gasteiger partial charge is 0.340 e. The highest BCUT2D eigenvalue weighted by molar-refractivity contribution is 7.15. The van der Waals surface area contributed by atoms with Crippen LogP contribution in [0.15, 0.2) is 24.4 Å². The Morgan fingerprint density at radius 1 is 1.56 bits per heavy atom. The maximum atomic E-state index is 13.4. The number of rotatable bonds is 4. The molecular formula is C11H8ClFN2O2S. The second-order valence-corrected chi connectivity index (χ2v) is 5.10. The molecule has 2 N–H and O–H groups in total. The van der Waals surface area contributed by atoms with Gasteiger partial charge in [-0.2, -0.15) is 0 Å². The molecule has 4 nitrogen and oxygen atoms in total. The predicted molar refractivity (Wildman–Crippen MR) is 67.8 cm³/mol. The molecule has 1 aromatic heterocycles. The fourth-order valence-corrected chi connectivity index (χ4v) is 2.35. The van der Waals surface area contributed by atoms with E-state index in [1.165, 1.54) is 23.5 Å². The maximum absolute atomic E-state index is 13.4. The Kier molecular flexibility index (Phi) is 3.78. The lowest BCUT2D eigenvalue weighted by Gasteiger charge is -2.08. The molecule has 7 heteroatoms. The van der Waals surface area contributed by atoms with Crippen LogP contribution in [0.1, 0.15) is 15.2 Å². The van der Waals surface area contributed by atoms with E-state index in [4.69, 9.17) is 16.7 Å². The molecule has 18 heavy (non-hydrogen) atoms. The number of thiazole rings is 1. The van der Waals surface area contributed by atoms with Crippen LogP contribution in [0.4, 0.5) is 10.1 Å². The highest BCUT2D eigenvalue weighted by Crippen LogP contribution is 2.22. The maximum Gasteiger partial charge on any atom is 0.340 e. The summed E-state index contributed by atoms with van der Waals surface area (Å²) in [5.41, 5.74) is -0.139. The molecule has 0 fully saturated rings.